The first-order valence-electron chi connectivity index (χ1n) is 10.1. The van der Waals surface area contributed by atoms with Crippen LogP contribution in [0.1, 0.15) is 31.2 Å². The molecule has 1 fully saturated rings. The van der Waals surface area contributed by atoms with E-state index >= 15 is 0 Å². The number of nitrogens with zero attached hydrogens (tertiary/aromatic N) is 1. The van der Waals surface area contributed by atoms with E-state index in [0.717, 1.165) is 0 Å². The molecule has 1 unspecified atom stereocenters. The Morgan fingerprint density at radius 2 is 1.94 bits per heavy atom. The number of para-hydroxylation sites is 1. The number of hydrogen-bond acceptors (Lipinski definition) is 3. The molecule has 4 rings (SSSR count). The van der Waals surface area contributed by atoms with Gasteiger partial charge in [0.15, 0.2) is 11.6 Å². The monoisotopic (exact) mass is 434 g/mol. The summed E-state index contributed by atoms with van der Waals surface area (Å²) in [5, 5.41) is 4.00. The molecule has 1 amide bonds. The summed E-state index contributed by atoms with van der Waals surface area (Å²) in [6.07, 6.45) is -1.69. The van der Waals surface area contributed by atoms with Crippen LogP contribution in [-0.2, 0) is 10.2 Å². The van der Waals surface area contributed by atoms with Gasteiger partial charge in [-0.25, -0.2) is 9.38 Å². The molecule has 1 aliphatic carbocycles. The highest BCUT2D eigenvalue weighted by atomic mass is 19.4. The van der Waals surface area contributed by atoms with Gasteiger partial charge < -0.3 is 10.1 Å². The SMILES string of the molecule is COc1c(F)cccc1C1(CC(CNc2cccc3c2=CCC(=O)N=3)C(F)(F)F)CC1. The van der Waals surface area contributed by atoms with E-state index in [-0.39, 0.29) is 31.0 Å². The van der Waals surface area contributed by atoms with Crippen molar-refractivity contribution in [1.29, 1.82) is 0 Å². The number of fused-ring (bicyclic) bond motifs is 1. The van der Waals surface area contributed by atoms with Gasteiger partial charge in [-0.2, -0.15) is 13.2 Å². The number of nitrogens with one attached hydrogen (secondary N) is 1. The molecule has 0 aromatic heterocycles. The van der Waals surface area contributed by atoms with Gasteiger partial charge in [0, 0.05) is 29.4 Å². The topological polar surface area (TPSA) is 50.7 Å². The average molecular weight is 434 g/mol. The van der Waals surface area contributed by atoms with Gasteiger partial charge in [0.05, 0.1) is 18.4 Å². The number of alkyl halides is 3. The Morgan fingerprint density at radius 1 is 1.19 bits per heavy atom. The van der Waals surface area contributed by atoms with E-state index in [4.69, 9.17) is 4.74 Å². The fourth-order valence-corrected chi connectivity index (χ4v) is 4.27. The lowest BCUT2D eigenvalue weighted by Crippen LogP contribution is -2.36. The van der Waals surface area contributed by atoms with Gasteiger partial charge in [-0.05, 0) is 42.9 Å². The second-order valence-electron chi connectivity index (χ2n) is 8.08. The number of hydrogen-bond donors (Lipinski definition) is 1. The van der Waals surface area contributed by atoms with Gasteiger partial charge in [0.2, 0.25) is 5.91 Å². The van der Waals surface area contributed by atoms with Crippen LogP contribution in [0.5, 0.6) is 5.75 Å². The van der Waals surface area contributed by atoms with Crippen molar-refractivity contribution in [1.82, 2.24) is 0 Å². The summed E-state index contributed by atoms with van der Waals surface area (Å²) in [6.45, 7) is -0.332. The summed E-state index contributed by atoms with van der Waals surface area (Å²) in [4.78, 5) is 15.4. The van der Waals surface area contributed by atoms with Crippen LogP contribution in [0.2, 0.25) is 0 Å². The highest BCUT2D eigenvalue weighted by Gasteiger charge is 2.52. The molecular weight excluding hydrogens is 412 g/mol. The Hall–Kier alpha value is -2.90. The van der Waals surface area contributed by atoms with Gasteiger partial charge in [-0.15, -0.1) is 0 Å². The second-order valence-corrected chi connectivity index (χ2v) is 8.08. The van der Waals surface area contributed by atoms with Crippen LogP contribution in [0, 0.1) is 11.7 Å². The molecular formula is C23H22F4N2O2. The van der Waals surface area contributed by atoms with E-state index in [1.165, 1.54) is 19.2 Å². The van der Waals surface area contributed by atoms with Crippen molar-refractivity contribution in [3.63, 3.8) is 0 Å². The molecule has 0 spiro atoms. The van der Waals surface area contributed by atoms with Gasteiger partial charge in [0.1, 0.15) is 0 Å². The van der Waals surface area contributed by atoms with E-state index in [1.54, 1.807) is 30.3 Å². The highest BCUT2D eigenvalue weighted by Crippen LogP contribution is 2.57. The number of carbonyl (C=O) groups is 1. The Balaban J connectivity index is 1.59. The summed E-state index contributed by atoms with van der Waals surface area (Å²) in [5.41, 5.74) is 0.252. The molecule has 2 aliphatic rings. The van der Waals surface area contributed by atoms with Crippen molar-refractivity contribution in [2.75, 3.05) is 19.0 Å². The Morgan fingerprint density at radius 3 is 2.61 bits per heavy atom. The van der Waals surface area contributed by atoms with E-state index in [2.05, 4.69) is 10.3 Å². The number of methoxy groups -OCH3 is 1. The van der Waals surface area contributed by atoms with Crippen molar-refractivity contribution in [3.8, 4) is 5.75 Å². The summed E-state index contributed by atoms with van der Waals surface area (Å²) < 4.78 is 61.1. The second kappa shape index (κ2) is 7.98. The fraction of sp³-hybridized carbons (Fsp3) is 0.391. The lowest BCUT2D eigenvalue weighted by Gasteiger charge is -2.27. The highest BCUT2D eigenvalue weighted by molar-refractivity contribution is 5.83. The van der Waals surface area contributed by atoms with Crippen LogP contribution >= 0.6 is 0 Å². The van der Waals surface area contributed by atoms with Gasteiger partial charge in [-0.3, -0.25) is 4.79 Å². The molecule has 0 bridgehead atoms. The third kappa shape index (κ3) is 4.29. The number of anilines is 1. The molecule has 4 nitrogen and oxygen atoms in total. The van der Waals surface area contributed by atoms with Gasteiger partial charge >= 0.3 is 6.18 Å². The van der Waals surface area contributed by atoms with E-state index in [1.807, 2.05) is 0 Å². The van der Waals surface area contributed by atoms with E-state index < -0.39 is 23.3 Å². The maximum absolute atomic E-state index is 14.1. The quantitative estimate of drug-likeness (QED) is 0.673. The fourth-order valence-electron chi connectivity index (χ4n) is 4.27. The van der Waals surface area contributed by atoms with Crippen LogP contribution in [0.25, 0.3) is 6.08 Å². The molecule has 1 atom stereocenters. The zero-order chi connectivity index (χ0) is 22.2. The number of carbonyl (C=O) groups excluding carboxylic acids is 1. The minimum Gasteiger partial charge on any atom is -0.493 e. The third-order valence-corrected chi connectivity index (χ3v) is 6.04. The first kappa shape index (κ1) is 21.3. The lowest BCUT2D eigenvalue weighted by atomic mass is 9.84. The molecule has 0 radical (unpaired) electrons. The molecule has 1 aliphatic heterocycles. The molecule has 31 heavy (non-hydrogen) atoms. The number of benzene rings is 2. The van der Waals surface area contributed by atoms with Crippen molar-refractivity contribution in [2.45, 2.75) is 37.3 Å². The van der Waals surface area contributed by atoms with Gasteiger partial charge in [0.25, 0.3) is 0 Å². The number of amides is 1. The minimum atomic E-state index is -4.43. The standard InChI is InChI=1S/C23H22F4N2O2/c1-31-21-16(4-2-5-17(21)24)22(10-11-22)12-14(23(25,26)27)13-28-18-6-3-7-19-15(18)8-9-20(30)29-19/h2-8,14,28H,9-13H2,1H3. The molecule has 1 N–H and O–H groups in total. The molecule has 2 aromatic rings. The van der Waals surface area contributed by atoms with Crippen molar-refractivity contribution in [3.05, 3.63) is 58.4 Å². The first-order valence-corrected chi connectivity index (χ1v) is 10.1. The van der Waals surface area contributed by atoms with Crippen LogP contribution < -0.4 is 20.6 Å². The average Bonchev–Trinajstić information content (AvgIpc) is 3.50. The summed E-state index contributed by atoms with van der Waals surface area (Å²) in [7, 11) is 1.33. The predicted octanol–water partition coefficient (Wildman–Crippen LogP) is 3.88. The van der Waals surface area contributed by atoms with Crippen molar-refractivity contribution < 1.29 is 27.1 Å². The zero-order valence-electron chi connectivity index (χ0n) is 16.9. The first-order chi connectivity index (χ1) is 14.7. The van der Waals surface area contributed by atoms with Crippen molar-refractivity contribution >= 4 is 17.7 Å². The molecule has 1 heterocycles. The number of rotatable bonds is 7. The van der Waals surface area contributed by atoms with E-state index in [0.29, 0.717) is 34.7 Å². The zero-order valence-corrected chi connectivity index (χ0v) is 16.9. The Bertz CT molecular complexity index is 1120. The van der Waals surface area contributed by atoms with Gasteiger partial charge in [-0.1, -0.05) is 24.3 Å². The van der Waals surface area contributed by atoms with E-state index in [9.17, 15) is 22.4 Å². The van der Waals surface area contributed by atoms with Crippen LogP contribution in [0.15, 0.2) is 41.4 Å². The maximum atomic E-state index is 14.1. The molecule has 0 saturated heterocycles. The Labute approximate surface area is 176 Å². The lowest BCUT2D eigenvalue weighted by molar-refractivity contribution is -0.174. The smallest absolute Gasteiger partial charge is 0.393 e. The number of ether oxygens (including phenoxy) is 1. The predicted molar refractivity (Wildman–Crippen MR) is 108 cm³/mol. The Kier molecular flexibility index (Phi) is 5.49. The molecule has 2 aromatic carbocycles. The largest absolute Gasteiger partial charge is 0.493 e. The molecule has 1 saturated carbocycles. The van der Waals surface area contributed by atoms with Crippen LogP contribution in [0.4, 0.5) is 23.2 Å². The summed E-state index contributed by atoms with van der Waals surface area (Å²) in [6, 6.07) is 9.38. The number of halogens is 4. The summed E-state index contributed by atoms with van der Waals surface area (Å²) in [5.74, 6) is -2.47. The third-order valence-electron chi connectivity index (χ3n) is 6.04. The molecule has 8 heteroatoms. The van der Waals surface area contributed by atoms with Crippen LogP contribution in [0.3, 0.4) is 0 Å². The normalized spacial score (nSPS) is 17.8. The summed E-state index contributed by atoms with van der Waals surface area (Å²) >= 11 is 0. The maximum Gasteiger partial charge on any atom is 0.393 e. The minimum absolute atomic E-state index is 0.0203. The van der Waals surface area contributed by atoms with Crippen molar-refractivity contribution in [2.24, 2.45) is 10.9 Å². The molecule has 164 valence electrons. The van der Waals surface area contributed by atoms with Crippen LogP contribution in [-0.4, -0.2) is 25.7 Å².